The van der Waals surface area contributed by atoms with Crippen molar-refractivity contribution in [2.75, 3.05) is 0 Å². The molecule has 1 unspecified atom stereocenters. The average molecular weight is 421 g/mol. The number of fused-ring (bicyclic) bond motifs is 1. The minimum absolute atomic E-state index is 0.00116. The summed E-state index contributed by atoms with van der Waals surface area (Å²) in [5.41, 5.74) is 0.0228. The van der Waals surface area contributed by atoms with E-state index >= 15 is 0 Å². The fourth-order valence-electron chi connectivity index (χ4n) is 2.72. The highest BCUT2D eigenvalue weighted by Crippen LogP contribution is 2.52. The highest BCUT2D eigenvalue weighted by molar-refractivity contribution is 5.59. The Kier molecular flexibility index (Phi) is 4.00. The number of pyridine rings is 1. The number of hydrogen-bond acceptors (Lipinski definition) is 5. The third-order valence-electron chi connectivity index (χ3n) is 4.35. The molecule has 0 N–H and O–H groups in total. The molecule has 3 aromatic heterocycles. The Bertz CT molecular complexity index is 1090. The van der Waals surface area contributed by atoms with Crippen LogP contribution in [0.3, 0.4) is 0 Å². The molecule has 0 saturated heterocycles. The Hall–Kier alpha value is -2.99. The van der Waals surface area contributed by atoms with Crippen molar-refractivity contribution in [3.8, 4) is 17.1 Å². The maximum absolute atomic E-state index is 14.2. The third kappa shape index (κ3) is 3.04. The van der Waals surface area contributed by atoms with E-state index in [0.717, 1.165) is 16.8 Å². The molecule has 1 atom stereocenters. The lowest BCUT2D eigenvalue weighted by Crippen LogP contribution is -2.64. The monoisotopic (exact) mass is 421 g/mol. The zero-order valence-corrected chi connectivity index (χ0v) is 14.4. The Morgan fingerprint density at radius 1 is 1.17 bits per heavy atom. The number of aromatic nitrogens is 5. The normalized spacial score (nSPS) is 20.5. The lowest BCUT2D eigenvalue weighted by molar-refractivity contribution is -0.324. The molecule has 6 nitrogen and oxygen atoms in total. The summed E-state index contributed by atoms with van der Waals surface area (Å²) in [4.78, 5) is 3.52. The number of nitrogens with zero attached hydrogens (tertiary/aromatic N) is 5. The summed E-state index contributed by atoms with van der Waals surface area (Å²) in [6, 6.07) is 3.45. The van der Waals surface area contributed by atoms with Crippen LogP contribution in [0, 0.1) is 5.82 Å². The van der Waals surface area contributed by atoms with Gasteiger partial charge in [-0.1, -0.05) is 0 Å². The van der Waals surface area contributed by atoms with Gasteiger partial charge in [0.05, 0.1) is 12.1 Å². The van der Waals surface area contributed by atoms with Gasteiger partial charge in [0.2, 0.25) is 5.82 Å². The van der Waals surface area contributed by atoms with Crippen LogP contribution in [-0.2, 0) is 5.92 Å². The largest absolute Gasteiger partial charge is 0.465 e. The van der Waals surface area contributed by atoms with E-state index in [-0.39, 0.29) is 16.9 Å². The summed E-state index contributed by atoms with van der Waals surface area (Å²) < 4.78 is 99.0. The molecule has 3 heterocycles. The number of ether oxygens (including phenoxy) is 1. The van der Waals surface area contributed by atoms with Crippen molar-refractivity contribution in [2.45, 2.75) is 37.2 Å². The first-order chi connectivity index (χ1) is 13.4. The molecule has 29 heavy (non-hydrogen) atoms. The van der Waals surface area contributed by atoms with Gasteiger partial charge in [-0.25, -0.2) is 9.37 Å². The Morgan fingerprint density at radius 3 is 2.48 bits per heavy atom. The van der Waals surface area contributed by atoms with Crippen molar-refractivity contribution in [1.29, 1.82) is 0 Å². The van der Waals surface area contributed by atoms with Gasteiger partial charge in [0.25, 0.3) is 5.88 Å². The summed E-state index contributed by atoms with van der Waals surface area (Å²) in [5, 5.41) is 10.8. The first kappa shape index (κ1) is 19.3. The molecular weight excluding hydrogens is 411 g/mol. The number of halogens is 7. The zero-order chi connectivity index (χ0) is 21.2. The number of hydrogen-bond donors (Lipinski definition) is 0. The van der Waals surface area contributed by atoms with Gasteiger partial charge < -0.3 is 4.74 Å². The van der Waals surface area contributed by atoms with Gasteiger partial charge in [0, 0.05) is 18.7 Å². The van der Waals surface area contributed by atoms with Gasteiger partial charge in [0.1, 0.15) is 0 Å². The van der Waals surface area contributed by atoms with Crippen molar-refractivity contribution in [2.24, 2.45) is 0 Å². The van der Waals surface area contributed by atoms with E-state index < -0.39 is 47.8 Å². The molecule has 0 aliphatic heterocycles. The van der Waals surface area contributed by atoms with Gasteiger partial charge >= 0.3 is 17.8 Å². The smallest absolute Gasteiger partial charge is 0.346 e. The van der Waals surface area contributed by atoms with Crippen molar-refractivity contribution in [3.63, 3.8) is 0 Å². The van der Waals surface area contributed by atoms with Crippen LogP contribution in [0.15, 0.2) is 24.4 Å². The SMILES string of the molecule is CC(F)(F)c1nnc2ccc(-c3cnc(OC4CC(F)(F)C4(F)F)c(F)c3)nn12. The first-order valence-electron chi connectivity index (χ1n) is 8.09. The molecule has 0 amide bonds. The first-order valence-corrected chi connectivity index (χ1v) is 8.09. The van der Waals surface area contributed by atoms with Crippen molar-refractivity contribution in [1.82, 2.24) is 24.8 Å². The van der Waals surface area contributed by atoms with Crippen LogP contribution in [0.25, 0.3) is 16.9 Å². The number of rotatable bonds is 4. The van der Waals surface area contributed by atoms with E-state index in [1.807, 2.05) is 0 Å². The predicted octanol–water partition coefficient (Wildman–Crippen LogP) is 3.86. The number of alkyl halides is 6. The fraction of sp³-hybridized carbons (Fsp3) is 0.375. The third-order valence-corrected chi connectivity index (χ3v) is 4.35. The molecule has 154 valence electrons. The van der Waals surface area contributed by atoms with E-state index in [4.69, 9.17) is 0 Å². The Labute approximate surface area is 157 Å². The predicted molar refractivity (Wildman–Crippen MR) is 82.5 cm³/mol. The van der Waals surface area contributed by atoms with Crippen LogP contribution in [0.1, 0.15) is 19.2 Å². The molecule has 0 radical (unpaired) electrons. The Balaban J connectivity index is 1.63. The van der Waals surface area contributed by atoms with Crippen molar-refractivity contribution < 1.29 is 35.5 Å². The topological polar surface area (TPSA) is 65.2 Å². The minimum atomic E-state index is -4.44. The molecule has 1 aliphatic rings. The molecule has 1 saturated carbocycles. The molecule has 13 heteroatoms. The molecule has 0 aromatic carbocycles. The van der Waals surface area contributed by atoms with Gasteiger partial charge in [-0.2, -0.15) is 36.0 Å². The van der Waals surface area contributed by atoms with Gasteiger partial charge in [-0.3, -0.25) is 0 Å². The molecule has 4 rings (SSSR count). The molecular formula is C16H10F7N5O. The van der Waals surface area contributed by atoms with Gasteiger partial charge in [-0.05, 0) is 18.2 Å². The van der Waals surface area contributed by atoms with E-state index in [1.165, 1.54) is 12.1 Å². The molecule has 0 bridgehead atoms. The average Bonchev–Trinajstić information content (AvgIpc) is 3.06. The van der Waals surface area contributed by atoms with Crippen molar-refractivity contribution >= 4 is 5.65 Å². The van der Waals surface area contributed by atoms with Crippen LogP contribution in [-0.4, -0.2) is 42.7 Å². The Morgan fingerprint density at radius 2 is 1.90 bits per heavy atom. The van der Waals surface area contributed by atoms with E-state index in [9.17, 15) is 30.7 Å². The minimum Gasteiger partial charge on any atom is -0.465 e. The van der Waals surface area contributed by atoms with Crippen LogP contribution in [0.5, 0.6) is 5.88 Å². The summed E-state index contributed by atoms with van der Waals surface area (Å²) in [5.74, 6) is -14.9. The summed E-state index contributed by atoms with van der Waals surface area (Å²) in [6.07, 6.45) is -2.51. The lowest BCUT2D eigenvalue weighted by atomic mass is 9.85. The van der Waals surface area contributed by atoms with Crippen molar-refractivity contribution in [3.05, 3.63) is 36.0 Å². The maximum atomic E-state index is 14.2. The second kappa shape index (κ2) is 6.00. The van der Waals surface area contributed by atoms with E-state index in [1.54, 1.807) is 0 Å². The molecule has 1 fully saturated rings. The standard InChI is InChI=1S/C16H10F7N5O/c1-14(18,19)13-26-25-11-3-2-9(27-28(11)13)7-4-8(17)12(24-6-7)29-10-5-15(20,21)16(10,22)23/h2-4,6,10H,5H2,1H3. The van der Waals surface area contributed by atoms with Crippen LogP contribution in [0.2, 0.25) is 0 Å². The van der Waals surface area contributed by atoms with Gasteiger partial charge in [0.15, 0.2) is 17.6 Å². The lowest BCUT2D eigenvalue weighted by Gasteiger charge is -2.42. The maximum Gasteiger partial charge on any atom is 0.346 e. The molecule has 1 aliphatic carbocycles. The quantitative estimate of drug-likeness (QED) is 0.599. The summed E-state index contributed by atoms with van der Waals surface area (Å²) >= 11 is 0. The molecule has 0 spiro atoms. The van der Waals surface area contributed by atoms with Crippen LogP contribution >= 0.6 is 0 Å². The van der Waals surface area contributed by atoms with E-state index in [0.29, 0.717) is 6.92 Å². The second-order valence-corrected chi connectivity index (χ2v) is 6.55. The highest BCUT2D eigenvalue weighted by Gasteiger charge is 2.73. The second-order valence-electron chi connectivity index (χ2n) is 6.55. The van der Waals surface area contributed by atoms with E-state index in [2.05, 4.69) is 25.0 Å². The van der Waals surface area contributed by atoms with Gasteiger partial charge in [-0.15, -0.1) is 10.2 Å². The van der Waals surface area contributed by atoms with Crippen LogP contribution in [0.4, 0.5) is 30.7 Å². The molecule has 3 aromatic rings. The summed E-state index contributed by atoms with van der Waals surface area (Å²) in [7, 11) is 0. The summed E-state index contributed by atoms with van der Waals surface area (Å²) in [6.45, 7) is 0.602. The zero-order valence-electron chi connectivity index (χ0n) is 14.4. The highest BCUT2D eigenvalue weighted by atomic mass is 19.3. The fourth-order valence-corrected chi connectivity index (χ4v) is 2.72. The van der Waals surface area contributed by atoms with Crippen LogP contribution < -0.4 is 4.74 Å².